The number of carbonyl (C=O) groups is 1. The summed E-state index contributed by atoms with van der Waals surface area (Å²) in [5, 5.41) is 15.3. The number of carbonyl (C=O) groups excluding carboxylic acids is 1. The summed E-state index contributed by atoms with van der Waals surface area (Å²) in [5.74, 6) is -0.197. The first kappa shape index (κ1) is 21.9. The number of benzene rings is 2. The summed E-state index contributed by atoms with van der Waals surface area (Å²) in [4.78, 5) is 27.7. The average molecular weight is 442 g/mol. The van der Waals surface area contributed by atoms with Crippen LogP contribution in [0, 0.1) is 10.1 Å². The Labute approximate surface area is 190 Å². The van der Waals surface area contributed by atoms with E-state index < -0.39 is 16.7 Å². The minimum Gasteiger partial charge on any atom is -0.400 e. The van der Waals surface area contributed by atoms with Gasteiger partial charge in [-0.15, -0.1) is 0 Å². The van der Waals surface area contributed by atoms with Crippen molar-refractivity contribution >= 4 is 28.9 Å². The van der Waals surface area contributed by atoms with Crippen LogP contribution < -0.4 is 5.43 Å². The van der Waals surface area contributed by atoms with E-state index in [1.807, 2.05) is 36.4 Å². The van der Waals surface area contributed by atoms with Crippen molar-refractivity contribution in [2.45, 2.75) is 26.2 Å². The molecule has 0 saturated carbocycles. The number of nitrogens with one attached hydrogen (secondary N) is 1. The van der Waals surface area contributed by atoms with E-state index in [2.05, 4.69) is 36.5 Å². The summed E-state index contributed by atoms with van der Waals surface area (Å²) in [6.45, 7) is 4.34. The van der Waals surface area contributed by atoms with Gasteiger partial charge >= 0.3 is 5.88 Å². The molecule has 0 saturated heterocycles. The number of aromatic nitrogens is 1. The van der Waals surface area contributed by atoms with E-state index in [4.69, 9.17) is 9.40 Å². The normalized spacial score (nSPS) is 12.2. The molecule has 0 aliphatic rings. The molecule has 0 unspecified atom stereocenters. The van der Waals surface area contributed by atoms with Gasteiger partial charge in [-0.05, 0) is 36.1 Å². The largest absolute Gasteiger partial charge is 0.433 e. The Morgan fingerprint density at radius 1 is 1.18 bits per heavy atom. The van der Waals surface area contributed by atoms with Gasteiger partial charge in [0.25, 0.3) is 5.91 Å². The summed E-state index contributed by atoms with van der Waals surface area (Å²) in [5.41, 5.74) is 6.42. The van der Waals surface area contributed by atoms with Crippen LogP contribution in [0.3, 0.4) is 0 Å². The molecule has 2 heterocycles. The fourth-order valence-electron chi connectivity index (χ4n) is 3.45. The average Bonchev–Trinajstić information content (AvgIpc) is 3.32. The number of furan rings is 1. The molecule has 33 heavy (non-hydrogen) atoms. The van der Waals surface area contributed by atoms with Crippen molar-refractivity contribution in [3.8, 4) is 11.3 Å². The first-order valence-corrected chi connectivity index (χ1v) is 10.5. The summed E-state index contributed by atoms with van der Waals surface area (Å²) in [6, 6.07) is 20.0. The maximum atomic E-state index is 12.9. The predicted octanol–water partition coefficient (Wildman–Crippen LogP) is 5.68. The zero-order valence-electron chi connectivity index (χ0n) is 18.2. The first-order valence-electron chi connectivity index (χ1n) is 10.5. The fraction of sp³-hybridized carbons (Fsp3) is 0.160. The molecular weight excluding hydrogens is 420 g/mol. The van der Waals surface area contributed by atoms with Gasteiger partial charge < -0.3 is 4.42 Å². The van der Waals surface area contributed by atoms with Gasteiger partial charge in [-0.1, -0.05) is 56.3 Å². The number of pyridine rings is 1. The highest BCUT2D eigenvalue weighted by molar-refractivity contribution is 6.07. The van der Waals surface area contributed by atoms with Gasteiger partial charge in [0, 0.05) is 10.9 Å². The third kappa shape index (κ3) is 4.79. The van der Waals surface area contributed by atoms with Crippen LogP contribution in [0.1, 0.15) is 47.9 Å². The molecule has 1 atom stereocenters. The molecule has 4 rings (SSSR count). The van der Waals surface area contributed by atoms with E-state index in [0.717, 1.165) is 12.0 Å². The van der Waals surface area contributed by atoms with Gasteiger partial charge in [-0.3, -0.25) is 14.9 Å². The highest BCUT2D eigenvalue weighted by Crippen LogP contribution is 2.27. The van der Waals surface area contributed by atoms with Crippen molar-refractivity contribution in [2.24, 2.45) is 5.10 Å². The van der Waals surface area contributed by atoms with Gasteiger partial charge in [0.05, 0.1) is 29.1 Å². The number of fused-ring (bicyclic) bond motifs is 1. The Kier molecular flexibility index (Phi) is 6.26. The quantitative estimate of drug-likeness (QED) is 0.225. The lowest BCUT2D eigenvalue weighted by molar-refractivity contribution is -0.402. The van der Waals surface area contributed by atoms with Crippen LogP contribution in [0.5, 0.6) is 0 Å². The van der Waals surface area contributed by atoms with Gasteiger partial charge in [-0.25, -0.2) is 10.4 Å². The summed E-state index contributed by atoms with van der Waals surface area (Å²) >= 11 is 0. The van der Waals surface area contributed by atoms with Crippen molar-refractivity contribution in [1.82, 2.24) is 10.4 Å². The molecule has 0 fully saturated rings. The molecule has 1 N–H and O–H groups in total. The van der Waals surface area contributed by atoms with E-state index in [1.165, 1.54) is 23.9 Å². The SMILES string of the molecule is CC[C@H](C)c1ccc(-c2cc(C(=O)NN=Cc3ccc([N+](=O)[O-])o3)c3ccccc3n2)cc1. The van der Waals surface area contributed by atoms with Crippen LogP contribution in [0.15, 0.2) is 76.2 Å². The minimum atomic E-state index is -0.643. The Bertz CT molecular complexity index is 1340. The molecular formula is C25H22N4O4. The lowest BCUT2D eigenvalue weighted by Crippen LogP contribution is -2.18. The fourth-order valence-corrected chi connectivity index (χ4v) is 3.45. The van der Waals surface area contributed by atoms with Gasteiger partial charge in [-0.2, -0.15) is 5.10 Å². The Morgan fingerprint density at radius 3 is 2.64 bits per heavy atom. The zero-order chi connectivity index (χ0) is 23.4. The number of para-hydroxylation sites is 1. The lowest BCUT2D eigenvalue weighted by Gasteiger charge is -2.11. The van der Waals surface area contributed by atoms with Gasteiger partial charge in [0.1, 0.15) is 4.92 Å². The number of nitro groups is 1. The van der Waals surface area contributed by atoms with E-state index in [0.29, 0.717) is 28.1 Å². The van der Waals surface area contributed by atoms with Gasteiger partial charge in [0.2, 0.25) is 0 Å². The number of rotatable bonds is 7. The van der Waals surface area contributed by atoms with Crippen LogP contribution in [0.25, 0.3) is 22.2 Å². The molecule has 0 radical (unpaired) electrons. The topological polar surface area (TPSA) is 111 Å². The predicted molar refractivity (Wildman–Crippen MR) is 126 cm³/mol. The first-order chi connectivity index (χ1) is 16.0. The monoisotopic (exact) mass is 442 g/mol. The summed E-state index contributed by atoms with van der Waals surface area (Å²) < 4.78 is 5.00. The van der Waals surface area contributed by atoms with Crippen molar-refractivity contribution in [1.29, 1.82) is 0 Å². The van der Waals surface area contributed by atoms with Crippen LogP contribution in [-0.4, -0.2) is 22.0 Å². The molecule has 2 aromatic heterocycles. The number of hydrogen-bond donors (Lipinski definition) is 1. The van der Waals surface area contributed by atoms with E-state index in [-0.39, 0.29) is 5.76 Å². The number of hydrogen-bond acceptors (Lipinski definition) is 6. The van der Waals surface area contributed by atoms with Gasteiger partial charge in [0.15, 0.2) is 5.76 Å². The minimum absolute atomic E-state index is 0.156. The Morgan fingerprint density at radius 2 is 1.94 bits per heavy atom. The van der Waals surface area contributed by atoms with Crippen molar-refractivity contribution in [2.75, 3.05) is 0 Å². The molecule has 8 nitrogen and oxygen atoms in total. The van der Waals surface area contributed by atoms with Crippen LogP contribution in [0.4, 0.5) is 5.88 Å². The molecule has 2 aromatic carbocycles. The molecule has 0 bridgehead atoms. The van der Waals surface area contributed by atoms with Crippen molar-refractivity contribution < 1.29 is 14.1 Å². The van der Waals surface area contributed by atoms with Crippen molar-refractivity contribution in [3.05, 3.63) is 93.7 Å². The van der Waals surface area contributed by atoms with Crippen LogP contribution >= 0.6 is 0 Å². The second-order valence-corrected chi connectivity index (χ2v) is 7.64. The Balaban J connectivity index is 1.62. The molecule has 0 spiro atoms. The molecule has 8 heteroatoms. The van der Waals surface area contributed by atoms with Crippen LogP contribution in [0.2, 0.25) is 0 Å². The van der Waals surface area contributed by atoms with Crippen molar-refractivity contribution in [3.63, 3.8) is 0 Å². The number of amides is 1. The highest BCUT2D eigenvalue weighted by Gasteiger charge is 2.15. The maximum absolute atomic E-state index is 12.9. The molecule has 4 aromatic rings. The second kappa shape index (κ2) is 9.44. The maximum Gasteiger partial charge on any atom is 0.433 e. The number of nitrogens with zero attached hydrogens (tertiary/aromatic N) is 3. The molecule has 166 valence electrons. The number of hydrazone groups is 1. The summed E-state index contributed by atoms with van der Waals surface area (Å²) in [6.07, 6.45) is 2.27. The second-order valence-electron chi connectivity index (χ2n) is 7.64. The highest BCUT2D eigenvalue weighted by atomic mass is 16.6. The molecule has 0 aliphatic carbocycles. The van der Waals surface area contributed by atoms with E-state index >= 15 is 0 Å². The van der Waals surface area contributed by atoms with E-state index in [1.54, 1.807) is 6.07 Å². The zero-order valence-corrected chi connectivity index (χ0v) is 18.2. The molecule has 0 aliphatic heterocycles. The third-order valence-electron chi connectivity index (χ3n) is 5.50. The Hall–Kier alpha value is -4.33. The third-order valence-corrected chi connectivity index (χ3v) is 5.50. The summed E-state index contributed by atoms with van der Waals surface area (Å²) in [7, 11) is 0. The lowest BCUT2D eigenvalue weighted by atomic mass is 9.96. The standard InChI is InChI=1S/C25H22N4O4/c1-3-16(2)17-8-10-18(11-9-17)23-14-21(20-6-4-5-7-22(20)27-23)25(30)28-26-15-19-12-13-24(33-19)29(31)32/h4-16H,3H2,1-2H3,(H,28,30)/t16-/m0/s1. The molecule has 1 amide bonds. The van der Waals surface area contributed by atoms with E-state index in [9.17, 15) is 14.9 Å². The smallest absolute Gasteiger partial charge is 0.400 e. The van der Waals surface area contributed by atoms with Crippen LogP contribution in [-0.2, 0) is 0 Å².